The first-order chi connectivity index (χ1) is 12.0. The van der Waals surface area contributed by atoms with Gasteiger partial charge in [0.2, 0.25) is 11.8 Å². The van der Waals surface area contributed by atoms with Crippen LogP contribution in [0.1, 0.15) is 16.7 Å². The van der Waals surface area contributed by atoms with Crippen LogP contribution < -0.4 is 10.1 Å². The molecule has 6 heteroatoms. The van der Waals surface area contributed by atoms with E-state index in [9.17, 15) is 4.79 Å². The SMILES string of the molecule is COc1cccc(CC(=O)Nc2nnc(-c3cc(C)cc(C)c3)o2)c1. The van der Waals surface area contributed by atoms with Gasteiger partial charge in [-0.05, 0) is 43.7 Å². The fraction of sp³-hybridized carbons (Fsp3) is 0.211. The second-order valence-corrected chi connectivity index (χ2v) is 5.87. The highest BCUT2D eigenvalue weighted by Gasteiger charge is 2.12. The minimum atomic E-state index is -0.233. The minimum absolute atomic E-state index is 0.0852. The van der Waals surface area contributed by atoms with E-state index in [1.165, 1.54) is 0 Å². The average molecular weight is 337 g/mol. The molecule has 128 valence electrons. The van der Waals surface area contributed by atoms with Gasteiger partial charge >= 0.3 is 6.01 Å². The molecule has 0 aliphatic rings. The number of aromatic nitrogens is 2. The minimum Gasteiger partial charge on any atom is -0.497 e. The largest absolute Gasteiger partial charge is 0.497 e. The van der Waals surface area contributed by atoms with E-state index < -0.39 is 0 Å². The van der Waals surface area contributed by atoms with Gasteiger partial charge in [-0.2, -0.15) is 0 Å². The third-order valence-corrected chi connectivity index (χ3v) is 3.64. The first-order valence-corrected chi connectivity index (χ1v) is 7.88. The number of benzene rings is 2. The van der Waals surface area contributed by atoms with Crippen LogP contribution in [0.2, 0.25) is 0 Å². The van der Waals surface area contributed by atoms with E-state index in [-0.39, 0.29) is 18.3 Å². The Morgan fingerprint density at radius 1 is 1.12 bits per heavy atom. The van der Waals surface area contributed by atoms with Gasteiger partial charge in [-0.1, -0.05) is 34.4 Å². The van der Waals surface area contributed by atoms with E-state index in [2.05, 4.69) is 21.6 Å². The van der Waals surface area contributed by atoms with Crippen LogP contribution >= 0.6 is 0 Å². The molecule has 1 N–H and O–H groups in total. The third-order valence-electron chi connectivity index (χ3n) is 3.64. The number of amides is 1. The van der Waals surface area contributed by atoms with Crippen molar-refractivity contribution in [2.24, 2.45) is 0 Å². The number of rotatable bonds is 5. The van der Waals surface area contributed by atoms with Gasteiger partial charge in [0, 0.05) is 5.56 Å². The second-order valence-electron chi connectivity index (χ2n) is 5.87. The first-order valence-electron chi connectivity index (χ1n) is 7.88. The second kappa shape index (κ2) is 7.17. The lowest BCUT2D eigenvalue weighted by atomic mass is 10.1. The maximum absolute atomic E-state index is 12.2. The first kappa shape index (κ1) is 16.7. The van der Waals surface area contributed by atoms with E-state index in [1.54, 1.807) is 7.11 Å². The Morgan fingerprint density at radius 3 is 2.60 bits per heavy atom. The van der Waals surface area contributed by atoms with Crippen molar-refractivity contribution in [2.45, 2.75) is 20.3 Å². The molecule has 6 nitrogen and oxygen atoms in total. The van der Waals surface area contributed by atoms with Crippen LogP contribution in [0, 0.1) is 13.8 Å². The van der Waals surface area contributed by atoms with Gasteiger partial charge in [-0.15, -0.1) is 5.10 Å². The van der Waals surface area contributed by atoms with Crippen LogP contribution in [0.4, 0.5) is 6.01 Å². The van der Waals surface area contributed by atoms with Crippen molar-refractivity contribution in [2.75, 3.05) is 12.4 Å². The maximum Gasteiger partial charge on any atom is 0.322 e. The molecule has 1 aromatic heterocycles. The molecule has 25 heavy (non-hydrogen) atoms. The molecule has 2 aromatic carbocycles. The van der Waals surface area contributed by atoms with E-state index in [4.69, 9.17) is 9.15 Å². The van der Waals surface area contributed by atoms with Gasteiger partial charge in [0.25, 0.3) is 0 Å². The van der Waals surface area contributed by atoms with Crippen molar-refractivity contribution in [3.05, 3.63) is 59.2 Å². The average Bonchev–Trinajstić information content (AvgIpc) is 3.02. The fourth-order valence-electron chi connectivity index (χ4n) is 2.62. The Balaban J connectivity index is 1.69. The summed E-state index contributed by atoms with van der Waals surface area (Å²) in [5, 5.41) is 10.5. The molecule has 1 heterocycles. The number of carbonyl (C=O) groups excluding carboxylic acids is 1. The summed E-state index contributed by atoms with van der Waals surface area (Å²) >= 11 is 0. The van der Waals surface area contributed by atoms with Crippen LogP contribution in [0.15, 0.2) is 46.9 Å². The van der Waals surface area contributed by atoms with Gasteiger partial charge in [0.05, 0.1) is 13.5 Å². The Hall–Kier alpha value is -3.15. The van der Waals surface area contributed by atoms with Crippen molar-refractivity contribution >= 4 is 11.9 Å². The van der Waals surface area contributed by atoms with Crippen molar-refractivity contribution in [3.8, 4) is 17.2 Å². The van der Waals surface area contributed by atoms with E-state index >= 15 is 0 Å². The predicted molar refractivity (Wildman–Crippen MR) is 94.5 cm³/mol. The summed E-state index contributed by atoms with van der Waals surface area (Å²) in [4.78, 5) is 12.2. The van der Waals surface area contributed by atoms with Crippen molar-refractivity contribution in [3.63, 3.8) is 0 Å². The molecular formula is C19H19N3O3. The molecule has 0 fully saturated rings. The lowest BCUT2D eigenvalue weighted by Gasteiger charge is -2.04. The van der Waals surface area contributed by atoms with Gasteiger partial charge in [-0.25, -0.2) is 0 Å². The summed E-state index contributed by atoms with van der Waals surface area (Å²) in [5.74, 6) is 0.854. The third kappa shape index (κ3) is 4.23. The van der Waals surface area contributed by atoms with Crippen molar-refractivity contribution in [1.29, 1.82) is 0 Å². The summed E-state index contributed by atoms with van der Waals surface area (Å²) in [6.45, 7) is 4.01. The molecule has 0 saturated carbocycles. The van der Waals surface area contributed by atoms with E-state index in [0.717, 1.165) is 22.3 Å². The topological polar surface area (TPSA) is 77.2 Å². The van der Waals surface area contributed by atoms with Crippen LogP contribution in [-0.4, -0.2) is 23.2 Å². The van der Waals surface area contributed by atoms with Gasteiger partial charge in [0.1, 0.15) is 5.75 Å². The van der Waals surface area contributed by atoms with E-state index in [1.807, 2.05) is 50.2 Å². The number of carbonyl (C=O) groups is 1. The van der Waals surface area contributed by atoms with Gasteiger partial charge in [0.15, 0.2) is 0 Å². The highest BCUT2D eigenvalue weighted by atomic mass is 16.5. The van der Waals surface area contributed by atoms with Crippen LogP contribution in [-0.2, 0) is 11.2 Å². The zero-order chi connectivity index (χ0) is 17.8. The van der Waals surface area contributed by atoms with Crippen LogP contribution in [0.25, 0.3) is 11.5 Å². The monoisotopic (exact) mass is 337 g/mol. The number of anilines is 1. The summed E-state index contributed by atoms with van der Waals surface area (Å²) < 4.78 is 10.7. The number of nitrogens with zero attached hydrogens (tertiary/aromatic N) is 2. The van der Waals surface area contributed by atoms with Crippen molar-refractivity contribution in [1.82, 2.24) is 10.2 Å². The smallest absolute Gasteiger partial charge is 0.322 e. The Morgan fingerprint density at radius 2 is 1.88 bits per heavy atom. The number of hydrogen-bond acceptors (Lipinski definition) is 5. The fourth-order valence-corrected chi connectivity index (χ4v) is 2.62. The van der Waals surface area contributed by atoms with Gasteiger partial charge in [-0.3, -0.25) is 10.1 Å². The highest BCUT2D eigenvalue weighted by molar-refractivity contribution is 5.90. The number of ether oxygens (including phenoxy) is 1. The Labute approximate surface area is 145 Å². The number of methoxy groups -OCH3 is 1. The molecule has 3 rings (SSSR count). The summed E-state index contributed by atoms with van der Waals surface area (Å²) in [5.41, 5.74) is 3.89. The number of nitrogens with one attached hydrogen (secondary N) is 1. The summed E-state index contributed by atoms with van der Waals surface area (Å²) in [6.07, 6.45) is 0.193. The zero-order valence-electron chi connectivity index (χ0n) is 14.4. The molecule has 0 spiro atoms. The number of aryl methyl sites for hydroxylation is 2. The van der Waals surface area contributed by atoms with Crippen LogP contribution in [0.5, 0.6) is 5.75 Å². The molecular weight excluding hydrogens is 318 g/mol. The summed E-state index contributed by atoms with van der Waals surface area (Å²) in [6, 6.07) is 13.4. The van der Waals surface area contributed by atoms with E-state index in [0.29, 0.717) is 11.6 Å². The van der Waals surface area contributed by atoms with Crippen LogP contribution in [0.3, 0.4) is 0 Å². The normalized spacial score (nSPS) is 10.5. The Kier molecular flexibility index (Phi) is 4.79. The molecule has 1 amide bonds. The molecule has 0 radical (unpaired) electrons. The molecule has 0 atom stereocenters. The lowest BCUT2D eigenvalue weighted by molar-refractivity contribution is -0.115. The zero-order valence-corrected chi connectivity index (χ0v) is 14.4. The van der Waals surface area contributed by atoms with Gasteiger partial charge < -0.3 is 9.15 Å². The molecule has 0 saturated heterocycles. The molecule has 0 aliphatic carbocycles. The Bertz CT molecular complexity index is 882. The maximum atomic E-state index is 12.2. The quantitative estimate of drug-likeness (QED) is 0.770. The molecule has 3 aromatic rings. The number of hydrogen-bond donors (Lipinski definition) is 1. The predicted octanol–water partition coefficient (Wildman–Crippen LogP) is 3.54. The molecule has 0 bridgehead atoms. The molecule has 0 aliphatic heterocycles. The lowest BCUT2D eigenvalue weighted by Crippen LogP contribution is -2.14. The summed E-state index contributed by atoms with van der Waals surface area (Å²) in [7, 11) is 1.59. The molecule has 0 unspecified atom stereocenters. The van der Waals surface area contributed by atoms with Crippen molar-refractivity contribution < 1.29 is 13.9 Å². The highest BCUT2D eigenvalue weighted by Crippen LogP contribution is 2.22. The standard InChI is InChI=1S/C19H19N3O3/c1-12-7-13(2)9-15(8-12)18-21-22-19(25-18)20-17(23)11-14-5-4-6-16(10-14)24-3/h4-10H,11H2,1-3H3,(H,20,22,23).